The van der Waals surface area contributed by atoms with Gasteiger partial charge in [0.25, 0.3) is 0 Å². The van der Waals surface area contributed by atoms with Crippen LogP contribution in [0, 0.1) is 0 Å². The minimum Gasteiger partial charge on any atom is -0.515 e. The van der Waals surface area contributed by atoms with E-state index in [9.17, 15) is 9.90 Å². The van der Waals surface area contributed by atoms with Crippen LogP contribution in [0.15, 0.2) is 98.1 Å². The van der Waals surface area contributed by atoms with E-state index in [-0.39, 0.29) is 0 Å². The zero-order valence-electron chi connectivity index (χ0n) is 14.6. The summed E-state index contributed by atoms with van der Waals surface area (Å²) in [7, 11) is 0. The summed E-state index contributed by atoms with van der Waals surface area (Å²) < 4.78 is 0. The molecule has 8 bridgehead atoms. The molecule has 6 nitrogen and oxygen atoms in total. The Labute approximate surface area is 159 Å². The van der Waals surface area contributed by atoms with E-state index in [0.29, 0.717) is 40.2 Å². The molecule has 0 unspecified atom stereocenters. The van der Waals surface area contributed by atoms with E-state index in [2.05, 4.69) is 20.0 Å². The lowest BCUT2D eigenvalue weighted by Crippen LogP contribution is -2.12. The number of fused-ring (bicyclic) bond motifs is 5. The van der Waals surface area contributed by atoms with Crippen molar-refractivity contribution in [2.24, 2.45) is 15.0 Å². The number of hydrogen-bond donors (Lipinski definition) is 2. The minimum atomic E-state index is 0.318. The average Bonchev–Trinajstić information content (AvgIpc) is 3.45. The molecule has 0 saturated heterocycles. The number of carbonyl (C=O) groups excluding carboxylic acids is 1. The lowest BCUT2D eigenvalue weighted by molar-refractivity contribution is -0.104. The standard InChI is InChI=1S/C22H14N4O2/c27-11-19-20(12-28)22-10-18-6-4-16(25-18)8-14-2-1-13(23-14)7-15-3-5-17(24-15)9-21(19)26-22/h1-12,23,27H. The number of rotatable bonds is 1. The third-order valence-electron chi connectivity index (χ3n) is 4.60. The molecule has 1 aromatic heterocycles. The van der Waals surface area contributed by atoms with Gasteiger partial charge in [-0.2, -0.15) is 0 Å². The Kier molecular flexibility index (Phi) is 3.62. The van der Waals surface area contributed by atoms with E-state index in [4.69, 9.17) is 0 Å². The zero-order valence-corrected chi connectivity index (χ0v) is 14.6. The van der Waals surface area contributed by atoms with Gasteiger partial charge in [-0.3, -0.25) is 4.79 Å². The topological polar surface area (TPSA) is 90.2 Å². The van der Waals surface area contributed by atoms with E-state index in [0.717, 1.165) is 28.4 Å². The normalized spacial score (nSPS) is 21.0. The van der Waals surface area contributed by atoms with Gasteiger partial charge < -0.3 is 10.1 Å². The van der Waals surface area contributed by atoms with Gasteiger partial charge in [0.1, 0.15) is 0 Å². The van der Waals surface area contributed by atoms with Crippen LogP contribution in [0.25, 0.3) is 12.2 Å². The van der Waals surface area contributed by atoms with Crippen molar-refractivity contribution in [3.63, 3.8) is 0 Å². The van der Waals surface area contributed by atoms with Crippen molar-refractivity contribution in [1.82, 2.24) is 4.98 Å². The fourth-order valence-corrected chi connectivity index (χ4v) is 3.31. The summed E-state index contributed by atoms with van der Waals surface area (Å²) in [5, 5.41) is 11.5. The molecule has 0 radical (unpaired) electrons. The lowest BCUT2D eigenvalue weighted by Gasteiger charge is -1.98. The molecule has 2 N–H and O–H groups in total. The smallest absolute Gasteiger partial charge is 0.153 e. The van der Waals surface area contributed by atoms with E-state index < -0.39 is 0 Å². The Balaban J connectivity index is 1.75. The first-order chi connectivity index (χ1) is 13.7. The first kappa shape index (κ1) is 16.1. The van der Waals surface area contributed by atoms with E-state index in [1.165, 1.54) is 0 Å². The first-order valence-electron chi connectivity index (χ1n) is 8.70. The molecule has 0 aliphatic carbocycles. The molecule has 0 amide bonds. The highest BCUT2D eigenvalue weighted by atomic mass is 16.2. The predicted octanol–water partition coefficient (Wildman–Crippen LogP) is 1.73. The monoisotopic (exact) mass is 366 g/mol. The highest BCUT2D eigenvalue weighted by Gasteiger charge is 2.23. The molecular formula is C22H14N4O2. The van der Waals surface area contributed by atoms with Gasteiger partial charge in [0.15, 0.2) is 6.29 Å². The molecule has 4 aliphatic rings. The Morgan fingerprint density at radius 3 is 2.07 bits per heavy atom. The lowest BCUT2D eigenvalue weighted by atomic mass is 10.0. The van der Waals surface area contributed by atoms with Gasteiger partial charge in [-0.05, 0) is 60.7 Å². The summed E-state index contributed by atoms with van der Waals surface area (Å²) in [6.07, 6.45) is 16.5. The molecule has 4 aliphatic heterocycles. The van der Waals surface area contributed by atoms with Gasteiger partial charge in [0, 0.05) is 16.3 Å². The number of aldehydes is 1. The van der Waals surface area contributed by atoms with Crippen LogP contribution in [-0.4, -0.2) is 33.5 Å². The van der Waals surface area contributed by atoms with Crippen molar-refractivity contribution in [1.29, 1.82) is 0 Å². The molecular weight excluding hydrogens is 352 g/mol. The average molecular weight is 366 g/mol. The molecule has 0 fully saturated rings. The SMILES string of the molecule is O=CC1=C2C=C3C=CC(=N3)C=c3ccc([nH]3)=CC3=NC(=CC(=N2)C1=CO)C=C3. The van der Waals surface area contributed by atoms with Crippen molar-refractivity contribution in [3.8, 4) is 0 Å². The van der Waals surface area contributed by atoms with Crippen LogP contribution in [0.3, 0.4) is 0 Å². The van der Waals surface area contributed by atoms with Gasteiger partial charge >= 0.3 is 0 Å². The van der Waals surface area contributed by atoms with Crippen LogP contribution in [0.4, 0.5) is 0 Å². The highest BCUT2D eigenvalue weighted by Crippen LogP contribution is 2.28. The van der Waals surface area contributed by atoms with Crippen molar-refractivity contribution in [3.05, 3.63) is 93.8 Å². The van der Waals surface area contributed by atoms with Crippen LogP contribution >= 0.6 is 0 Å². The summed E-state index contributed by atoms with van der Waals surface area (Å²) >= 11 is 0. The molecule has 1 aromatic rings. The second kappa shape index (κ2) is 6.28. The second-order valence-corrected chi connectivity index (χ2v) is 6.49. The number of nitrogens with zero attached hydrogens (tertiary/aromatic N) is 3. The fraction of sp³-hybridized carbons (Fsp3) is 0. The van der Waals surface area contributed by atoms with Crippen LogP contribution in [-0.2, 0) is 4.79 Å². The summed E-state index contributed by atoms with van der Waals surface area (Å²) in [5.74, 6) is 0. The first-order valence-corrected chi connectivity index (χ1v) is 8.70. The molecule has 6 heteroatoms. The molecule has 28 heavy (non-hydrogen) atoms. The Hall–Kier alpha value is -4.06. The summed E-state index contributed by atoms with van der Waals surface area (Å²) in [6.45, 7) is 0. The highest BCUT2D eigenvalue weighted by molar-refractivity contribution is 6.22. The maximum atomic E-state index is 11.6. The zero-order chi connectivity index (χ0) is 19.1. The van der Waals surface area contributed by atoms with Gasteiger partial charge in [0.2, 0.25) is 0 Å². The number of hydrogen-bond acceptors (Lipinski definition) is 5. The largest absolute Gasteiger partial charge is 0.515 e. The Bertz CT molecular complexity index is 1320. The maximum absolute atomic E-state index is 11.6. The van der Waals surface area contributed by atoms with Gasteiger partial charge in [-0.15, -0.1) is 0 Å². The minimum absolute atomic E-state index is 0.318. The summed E-state index contributed by atoms with van der Waals surface area (Å²) in [5.41, 5.74) is 4.58. The quantitative estimate of drug-likeness (QED) is 0.585. The number of aromatic nitrogens is 1. The van der Waals surface area contributed by atoms with Crippen LogP contribution in [0.2, 0.25) is 0 Å². The number of H-pyrrole nitrogens is 1. The third-order valence-corrected chi connectivity index (χ3v) is 4.60. The van der Waals surface area contributed by atoms with E-state index >= 15 is 0 Å². The number of carbonyl (C=O) groups is 1. The van der Waals surface area contributed by atoms with Crippen LogP contribution in [0.1, 0.15) is 0 Å². The number of aliphatic hydroxyl groups excluding tert-OH is 1. The maximum Gasteiger partial charge on any atom is 0.153 e. The molecule has 5 rings (SSSR count). The van der Waals surface area contributed by atoms with Gasteiger partial charge in [0.05, 0.1) is 46.1 Å². The van der Waals surface area contributed by atoms with Crippen molar-refractivity contribution >= 4 is 35.6 Å². The Morgan fingerprint density at radius 1 is 0.821 bits per heavy atom. The molecule has 0 aromatic carbocycles. The van der Waals surface area contributed by atoms with Gasteiger partial charge in [-0.25, -0.2) is 15.0 Å². The van der Waals surface area contributed by atoms with Crippen molar-refractivity contribution < 1.29 is 9.90 Å². The van der Waals surface area contributed by atoms with Crippen LogP contribution in [0.5, 0.6) is 0 Å². The second-order valence-electron chi connectivity index (χ2n) is 6.49. The molecule has 5 heterocycles. The molecule has 0 spiro atoms. The molecule has 0 atom stereocenters. The van der Waals surface area contributed by atoms with Crippen molar-refractivity contribution in [2.45, 2.75) is 0 Å². The molecule has 0 saturated carbocycles. The number of aliphatic imine (C=N–C) groups is 3. The predicted molar refractivity (Wildman–Crippen MR) is 110 cm³/mol. The fourth-order valence-electron chi connectivity index (χ4n) is 3.31. The molecule has 134 valence electrons. The van der Waals surface area contributed by atoms with E-state index in [1.54, 1.807) is 12.2 Å². The number of nitrogens with one attached hydrogen (secondary N) is 1. The van der Waals surface area contributed by atoms with Crippen molar-refractivity contribution in [2.75, 3.05) is 0 Å². The van der Waals surface area contributed by atoms with Crippen LogP contribution < -0.4 is 10.7 Å². The number of aliphatic hydroxyl groups is 1. The van der Waals surface area contributed by atoms with Gasteiger partial charge in [-0.1, -0.05) is 0 Å². The third kappa shape index (κ3) is 2.77. The summed E-state index contributed by atoms with van der Waals surface area (Å²) in [6, 6.07) is 3.97. The number of aromatic amines is 1. The number of allylic oxidation sites excluding steroid dienone is 8. The Morgan fingerprint density at radius 2 is 1.46 bits per heavy atom. The summed E-state index contributed by atoms with van der Waals surface area (Å²) in [4.78, 5) is 28.6. The van der Waals surface area contributed by atoms with E-state index in [1.807, 2.05) is 48.6 Å².